The van der Waals surface area contributed by atoms with E-state index in [9.17, 15) is 43.2 Å². The molecule has 64 heavy (non-hydrogen) atoms. The van der Waals surface area contributed by atoms with E-state index < -0.39 is 103 Å². The molecule has 0 unspecified atom stereocenters. The molecule has 0 bridgehead atoms. The number of nitrogens with one attached hydrogen (secondary N) is 8. The first kappa shape index (κ1) is 53.8. The van der Waals surface area contributed by atoms with Gasteiger partial charge in [0, 0.05) is 12.8 Å². The Balaban J connectivity index is 2.29. The molecule has 0 aliphatic rings. The lowest BCUT2D eigenvalue weighted by Gasteiger charge is -2.27. The number of hydrogen-bond donors (Lipinski definition) is 10. The van der Waals surface area contributed by atoms with Crippen molar-refractivity contribution in [2.45, 2.75) is 117 Å². The van der Waals surface area contributed by atoms with Crippen molar-refractivity contribution in [2.24, 2.45) is 23.5 Å². The van der Waals surface area contributed by atoms with Crippen molar-refractivity contribution >= 4 is 53.2 Å². The van der Waals surface area contributed by atoms with Gasteiger partial charge in [-0.15, -0.1) is 0 Å². The highest BCUT2D eigenvalue weighted by atomic mass is 16.4. The maximum Gasteiger partial charge on any atom is 0.322 e. The zero-order chi connectivity index (χ0) is 47.9. The second-order valence-electron chi connectivity index (χ2n) is 17.0. The normalized spacial score (nSPS) is 13.9. The second-order valence-corrected chi connectivity index (χ2v) is 17.0. The molecule has 352 valence electrons. The summed E-state index contributed by atoms with van der Waals surface area (Å²) in [6.07, 6.45) is 0.562. The van der Waals surface area contributed by atoms with Crippen LogP contribution in [0.15, 0.2) is 60.7 Å². The molecule has 19 heteroatoms. The van der Waals surface area contributed by atoms with Crippen LogP contribution in [-0.4, -0.2) is 114 Å². The summed E-state index contributed by atoms with van der Waals surface area (Å²) >= 11 is 0. The molecule has 19 nitrogen and oxygen atoms in total. The number of carboxylic acids is 1. The average Bonchev–Trinajstić information content (AvgIpc) is 3.23. The first-order valence-electron chi connectivity index (χ1n) is 21.5. The van der Waals surface area contributed by atoms with Crippen LogP contribution in [0.25, 0.3) is 0 Å². The number of carboxylic acid groups (broad SMARTS) is 1. The van der Waals surface area contributed by atoms with Crippen LogP contribution in [0.5, 0.6) is 0 Å². The number of rotatable bonds is 27. The molecular formula is C45H67N9O10. The lowest BCUT2D eigenvalue weighted by atomic mass is 9.99. The van der Waals surface area contributed by atoms with Crippen LogP contribution in [0.2, 0.25) is 0 Å². The smallest absolute Gasteiger partial charge is 0.322 e. The van der Waals surface area contributed by atoms with E-state index in [1.165, 1.54) is 6.92 Å². The second kappa shape index (κ2) is 27.6. The van der Waals surface area contributed by atoms with Crippen LogP contribution >= 0.6 is 0 Å². The minimum absolute atomic E-state index is 0.0175. The summed E-state index contributed by atoms with van der Waals surface area (Å²) in [5.41, 5.74) is 6.74. The van der Waals surface area contributed by atoms with Crippen molar-refractivity contribution in [2.75, 3.05) is 19.6 Å². The van der Waals surface area contributed by atoms with E-state index in [1.54, 1.807) is 60.7 Å². The molecule has 0 aliphatic carbocycles. The Morgan fingerprint density at radius 1 is 0.453 bits per heavy atom. The van der Waals surface area contributed by atoms with Gasteiger partial charge in [-0.3, -0.25) is 43.2 Å². The van der Waals surface area contributed by atoms with E-state index in [4.69, 9.17) is 10.8 Å². The van der Waals surface area contributed by atoms with E-state index in [0.29, 0.717) is 11.1 Å². The summed E-state index contributed by atoms with van der Waals surface area (Å²) in [6.45, 7) is 10.9. The number of amides is 8. The monoisotopic (exact) mass is 894 g/mol. The van der Waals surface area contributed by atoms with E-state index in [0.717, 1.165) is 0 Å². The molecule has 2 aromatic carbocycles. The molecule has 0 saturated carbocycles. The predicted molar refractivity (Wildman–Crippen MR) is 239 cm³/mol. The Hall–Kier alpha value is -6.37. The van der Waals surface area contributed by atoms with Crippen molar-refractivity contribution in [1.82, 2.24) is 42.5 Å². The van der Waals surface area contributed by atoms with Gasteiger partial charge in [-0.25, -0.2) is 0 Å². The number of nitrogens with two attached hydrogens (primary N) is 1. The molecule has 6 atom stereocenters. The van der Waals surface area contributed by atoms with Crippen molar-refractivity contribution in [3.05, 3.63) is 71.8 Å². The van der Waals surface area contributed by atoms with Gasteiger partial charge in [-0.05, 0) is 55.1 Å². The molecule has 0 spiro atoms. The Labute approximate surface area is 375 Å². The third-order valence-corrected chi connectivity index (χ3v) is 9.66. The van der Waals surface area contributed by atoms with Crippen molar-refractivity contribution < 1.29 is 48.3 Å². The molecule has 0 fully saturated rings. The van der Waals surface area contributed by atoms with Gasteiger partial charge in [0.05, 0.1) is 13.1 Å². The molecular weight excluding hydrogens is 827 g/mol. The van der Waals surface area contributed by atoms with Crippen LogP contribution in [-0.2, 0) is 56.0 Å². The van der Waals surface area contributed by atoms with Crippen LogP contribution in [0.1, 0.15) is 78.9 Å². The van der Waals surface area contributed by atoms with Gasteiger partial charge in [0.1, 0.15) is 42.8 Å². The minimum atomic E-state index is -1.26. The highest BCUT2D eigenvalue weighted by molar-refractivity contribution is 5.97. The van der Waals surface area contributed by atoms with Crippen molar-refractivity contribution in [3.63, 3.8) is 0 Å². The van der Waals surface area contributed by atoms with Gasteiger partial charge in [0.15, 0.2) is 0 Å². The molecule has 0 aromatic heterocycles. The molecule has 8 amide bonds. The summed E-state index contributed by atoms with van der Waals surface area (Å²) in [7, 11) is 0. The number of benzene rings is 2. The van der Waals surface area contributed by atoms with Gasteiger partial charge in [-0.1, -0.05) is 102 Å². The summed E-state index contributed by atoms with van der Waals surface area (Å²) in [5.74, 6) is -6.94. The van der Waals surface area contributed by atoms with Crippen LogP contribution in [0.3, 0.4) is 0 Å². The van der Waals surface area contributed by atoms with Gasteiger partial charge in [-0.2, -0.15) is 0 Å². The van der Waals surface area contributed by atoms with Gasteiger partial charge < -0.3 is 53.4 Å². The minimum Gasteiger partial charge on any atom is -0.480 e. The molecule has 2 aromatic rings. The summed E-state index contributed by atoms with van der Waals surface area (Å²) in [6, 6.07) is 10.8. The highest BCUT2D eigenvalue weighted by Gasteiger charge is 2.33. The maximum atomic E-state index is 14.1. The average molecular weight is 894 g/mol. The van der Waals surface area contributed by atoms with E-state index in [2.05, 4.69) is 42.5 Å². The van der Waals surface area contributed by atoms with Crippen molar-refractivity contribution in [3.8, 4) is 0 Å². The maximum absolute atomic E-state index is 14.1. The largest absolute Gasteiger partial charge is 0.480 e. The van der Waals surface area contributed by atoms with E-state index in [-0.39, 0.29) is 56.4 Å². The summed E-state index contributed by atoms with van der Waals surface area (Å²) in [5, 5.41) is 29.7. The lowest BCUT2D eigenvalue weighted by Crippen LogP contribution is -2.59. The number of hydrogen-bond acceptors (Lipinski definition) is 10. The van der Waals surface area contributed by atoms with Gasteiger partial charge >= 0.3 is 5.97 Å². The fourth-order valence-corrected chi connectivity index (χ4v) is 6.53. The Bertz CT molecular complexity index is 1880. The van der Waals surface area contributed by atoms with Gasteiger partial charge in [0.25, 0.3) is 0 Å². The fourth-order valence-electron chi connectivity index (χ4n) is 6.53. The molecule has 0 saturated heterocycles. The number of carbonyl (C=O) groups is 9. The molecule has 11 N–H and O–H groups in total. The zero-order valence-corrected chi connectivity index (χ0v) is 37.8. The molecule has 2 rings (SSSR count). The first-order valence-corrected chi connectivity index (χ1v) is 21.5. The number of carbonyl (C=O) groups excluding carboxylic acids is 8. The molecule has 0 aliphatic heterocycles. The standard InChI is InChI=1S/C45H67N9O10/c1-26(2)18-32(53-45(64)36(22-31-16-12-9-13-17-31)54-43(62)34(20-28(5)6)51-40(59)29(7)49-37(55)23-46)41(60)47-24-38(56)50-35(21-30-14-10-8-11-15-30)44(63)52-33(19-27(3)4)42(61)48-25-39(57)58/h8-17,26-29,32-36H,18-25,46H2,1-7H3,(H,47,60)(H,48,61)(H,49,55)(H,50,56)(H,51,59)(H,52,63)(H,53,64)(H,54,62)(H,57,58)/t29-,32-,33-,34-,35-,36-/m0/s1. The third-order valence-electron chi connectivity index (χ3n) is 9.66. The Morgan fingerprint density at radius 2 is 0.812 bits per heavy atom. The van der Waals surface area contributed by atoms with Crippen molar-refractivity contribution in [1.29, 1.82) is 0 Å². The quantitative estimate of drug-likeness (QED) is 0.0561. The third kappa shape index (κ3) is 20.7. The SMILES string of the molecule is CC(C)C[C@H](NC(=O)[C@H](C)NC(=O)CN)C(=O)N[C@@H](Cc1ccccc1)C(=O)N[C@@H](CC(C)C)C(=O)NCC(=O)N[C@@H](Cc1ccccc1)C(=O)N[C@@H](CC(C)C)C(=O)NCC(=O)O. The van der Waals surface area contributed by atoms with E-state index in [1.807, 2.05) is 41.5 Å². The van der Waals surface area contributed by atoms with Gasteiger partial charge in [0.2, 0.25) is 47.3 Å². The lowest BCUT2D eigenvalue weighted by molar-refractivity contribution is -0.138. The Morgan fingerprint density at radius 3 is 1.22 bits per heavy atom. The van der Waals surface area contributed by atoms with Crippen LogP contribution in [0, 0.1) is 17.8 Å². The highest BCUT2D eigenvalue weighted by Crippen LogP contribution is 2.12. The zero-order valence-electron chi connectivity index (χ0n) is 37.8. The molecule has 0 heterocycles. The van der Waals surface area contributed by atoms with Crippen LogP contribution < -0.4 is 48.3 Å². The Kier molecular flexibility index (Phi) is 23.2. The van der Waals surface area contributed by atoms with E-state index >= 15 is 0 Å². The predicted octanol–water partition coefficient (Wildman–Crippen LogP) is -0.185. The summed E-state index contributed by atoms with van der Waals surface area (Å²) in [4.78, 5) is 117. The van der Waals surface area contributed by atoms with Crippen LogP contribution in [0.4, 0.5) is 0 Å². The molecule has 0 radical (unpaired) electrons. The number of aliphatic carboxylic acids is 1. The summed E-state index contributed by atoms with van der Waals surface area (Å²) < 4.78 is 0. The first-order chi connectivity index (χ1) is 30.2. The fraction of sp³-hybridized carbons (Fsp3) is 0.533. The topological polar surface area (TPSA) is 296 Å².